The van der Waals surface area contributed by atoms with E-state index in [9.17, 15) is 82.5 Å². The number of anilines is 1. The van der Waals surface area contributed by atoms with Crippen LogP contribution in [0, 0.1) is 5.41 Å². The van der Waals surface area contributed by atoms with Crippen LogP contribution in [0.1, 0.15) is 40.3 Å². The number of ether oxygens (including phenoxy) is 2. The summed E-state index contributed by atoms with van der Waals surface area (Å²) in [4.78, 5) is 117. The summed E-state index contributed by atoms with van der Waals surface area (Å²) in [5.41, 5.74) is 4.26. The average Bonchev–Trinajstić information content (AvgIpc) is 3.81. The van der Waals surface area contributed by atoms with Gasteiger partial charge in [0.25, 0.3) is 0 Å². The first-order valence-electron chi connectivity index (χ1n) is 19.2. The number of aliphatic hydroxyl groups is 6. The minimum atomic E-state index is -5.56. The molecule has 0 spiro atoms. The minimum absolute atomic E-state index is 0.0256. The lowest BCUT2D eigenvalue weighted by molar-refractivity contribution is -0.161. The molecule has 1 saturated heterocycles. The van der Waals surface area contributed by atoms with E-state index in [1.54, 1.807) is 0 Å². The van der Waals surface area contributed by atoms with Gasteiger partial charge < -0.3 is 80.8 Å². The number of rotatable bonds is 26. The molecule has 14 N–H and O–H groups in total. The van der Waals surface area contributed by atoms with Crippen molar-refractivity contribution >= 4 is 87.2 Å². The predicted molar refractivity (Wildman–Crippen MR) is 225 cm³/mol. The molecule has 2 aromatic heterocycles. The van der Waals surface area contributed by atoms with Gasteiger partial charge in [-0.15, -0.1) is 0 Å². The monoisotopic (exact) mass is 1060 g/mol. The fraction of sp³-hybridized carbons (Fsp3) is 0.656. The number of phosphoric ester groups is 3. The minimum Gasteiger partial charge on any atom is -0.457 e. The van der Waals surface area contributed by atoms with Crippen LogP contribution in [0.25, 0.3) is 11.2 Å². The van der Waals surface area contributed by atoms with Crippen molar-refractivity contribution in [1.82, 2.24) is 30.2 Å². The summed E-state index contributed by atoms with van der Waals surface area (Å²) in [7, 11) is -16.4. The first-order chi connectivity index (χ1) is 31.3. The van der Waals surface area contributed by atoms with E-state index in [0.717, 1.165) is 35.9 Å². The van der Waals surface area contributed by atoms with Gasteiger partial charge in [0.15, 0.2) is 29.1 Å². The Morgan fingerprint density at radius 3 is 2.18 bits per heavy atom. The van der Waals surface area contributed by atoms with Gasteiger partial charge >= 0.3 is 29.4 Å². The van der Waals surface area contributed by atoms with Crippen LogP contribution >= 0.6 is 35.2 Å². The quantitative estimate of drug-likeness (QED) is 0.0139. The Hall–Kier alpha value is -3.79. The number of aldehydes is 1. The van der Waals surface area contributed by atoms with Gasteiger partial charge in [-0.25, -0.2) is 33.4 Å². The third-order valence-corrected chi connectivity index (χ3v) is 12.6. The average molecular weight is 1060 g/mol. The molecule has 0 bridgehead atoms. The van der Waals surface area contributed by atoms with Crippen LogP contribution in [-0.4, -0.2) is 192 Å². The number of phosphoric acid groups is 3. The second kappa shape index (κ2) is 26.4. The molecule has 11 atom stereocenters. The van der Waals surface area contributed by atoms with Gasteiger partial charge in [0.05, 0.1) is 19.5 Å². The maximum atomic E-state index is 12.6. The molecule has 3 rings (SSSR count). The Morgan fingerprint density at radius 1 is 0.956 bits per heavy atom. The van der Waals surface area contributed by atoms with Crippen LogP contribution in [0.5, 0.6) is 0 Å². The lowest BCUT2D eigenvalue weighted by Gasteiger charge is -2.30. The predicted octanol–water partition coefficient (Wildman–Crippen LogP) is -4.55. The van der Waals surface area contributed by atoms with E-state index in [0.29, 0.717) is 5.75 Å². The SMILES string of the molecule is CC(=O)C(=O)OC[C@@H](O)[C@@H](O)[C@H](O)[C@@H](O)C=O.CC(=O)SCCNC(=O)CCNC(=O)[C@H](O)C(C)(C)COP(=O)(O)OP(=O)(O)OC[C@H]1O[C@@H](n2cnc3c(N)ncnc32)[C@H](O)[C@@H]1OP(=O)(O)O. The van der Waals surface area contributed by atoms with Crippen molar-refractivity contribution in [3.8, 4) is 0 Å². The molecule has 1 aliphatic rings. The zero-order valence-corrected chi connectivity index (χ0v) is 39.6. The first-order valence-corrected chi connectivity index (χ1v) is 24.7. The Morgan fingerprint density at radius 2 is 1.59 bits per heavy atom. The van der Waals surface area contributed by atoms with Crippen molar-refractivity contribution in [1.29, 1.82) is 0 Å². The Labute approximate surface area is 388 Å². The zero-order chi connectivity index (χ0) is 51.9. The molecule has 36 heteroatoms. The molecular formula is C32H52N7O25P3S. The number of aliphatic hydroxyl groups excluding tert-OH is 6. The first kappa shape index (κ1) is 60.3. The van der Waals surface area contributed by atoms with Crippen LogP contribution in [0.15, 0.2) is 12.7 Å². The normalized spacial score (nSPS) is 21.4. The number of carbonyl (C=O) groups is 6. The van der Waals surface area contributed by atoms with Crippen molar-refractivity contribution in [2.75, 3.05) is 44.4 Å². The summed E-state index contributed by atoms with van der Waals surface area (Å²) >= 11 is 1.03. The molecule has 32 nitrogen and oxygen atoms in total. The van der Waals surface area contributed by atoms with Crippen LogP contribution in [-0.2, 0) is 69.8 Å². The number of Topliss-reactive ketones (excluding diaryl/α,β-unsaturated/α-hetero) is 1. The van der Waals surface area contributed by atoms with Crippen LogP contribution < -0.4 is 16.4 Å². The molecule has 3 heterocycles. The number of hydrogen-bond donors (Lipinski definition) is 13. The number of nitrogens with two attached hydrogens (primary N) is 1. The second-order valence-electron chi connectivity index (χ2n) is 14.7. The van der Waals surface area contributed by atoms with Crippen molar-refractivity contribution < 1.29 is 120 Å². The maximum absolute atomic E-state index is 12.6. The van der Waals surface area contributed by atoms with Crippen LogP contribution in [0.2, 0.25) is 0 Å². The lowest BCUT2D eigenvalue weighted by atomic mass is 9.87. The number of nitrogen functional groups attached to an aromatic ring is 1. The van der Waals surface area contributed by atoms with E-state index in [1.807, 2.05) is 0 Å². The van der Waals surface area contributed by atoms with E-state index >= 15 is 0 Å². The van der Waals surface area contributed by atoms with Gasteiger partial charge in [-0.2, -0.15) is 4.31 Å². The highest BCUT2D eigenvalue weighted by atomic mass is 32.2. The standard InChI is InChI=1S/C23H38N7O17P3S.C9H14O8/c1-12(31)51-7-6-25-14(32)4-5-26-21(35)18(34)23(2,3)9-44-50(41,42)47-49(39,40)43-8-13-17(46-48(36,37)38)16(33)22(45-13)30-11-29-15-19(24)27-10-28-20(15)30;1-4(11)9(16)17-3-6(13)8(15)7(14)5(12)2-10/h10-11,13,16-18,22,33-34H,4-9H2,1-3H3,(H,25,32)(H,26,35)(H,39,40)(H,41,42)(H2,24,27,28)(H2,36,37,38);2,5-8,12-15H,3H2,1H3/t13-,16-,17-,18+,22-;5-,6+,7+,8+/m10/s1. The number of nitrogens with one attached hydrogen (secondary N) is 2. The molecule has 2 unspecified atom stereocenters. The Balaban J connectivity index is 0.000000789. The number of carbonyl (C=O) groups excluding carboxylic acids is 6. The largest absolute Gasteiger partial charge is 0.481 e. The Kier molecular flexibility index (Phi) is 23.4. The summed E-state index contributed by atoms with van der Waals surface area (Å²) in [5, 5.41) is 62.5. The summed E-state index contributed by atoms with van der Waals surface area (Å²) in [6, 6.07) is 0. The van der Waals surface area contributed by atoms with Gasteiger partial charge in [0.2, 0.25) is 17.6 Å². The van der Waals surface area contributed by atoms with Crippen molar-refractivity contribution in [3.63, 3.8) is 0 Å². The van der Waals surface area contributed by atoms with Crippen molar-refractivity contribution in [2.24, 2.45) is 5.41 Å². The van der Waals surface area contributed by atoms with Gasteiger partial charge in [0, 0.05) is 44.5 Å². The zero-order valence-electron chi connectivity index (χ0n) is 36.1. The van der Waals surface area contributed by atoms with E-state index in [2.05, 4.69) is 39.2 Å². The summed E-state index contributed by atoms with van der Waals surface area (Å²) < 4.78 is 66.1. The molecule has 1 fully saturated rings. The molecular weight excluding hydrogens is 1010 g/mol. The molecule has 1 aliphatic heterocycles. The lowest BCUT2D eigenvalue weighted by Crippen LogP contribution is -2.47. The highest BCUT2D eigenvalue weighted by Crippen LogP contribution is 2.61. The highest BCUT2D eigenvalue weighted by molar-refractivity contribution is 8.13. The fourth-order valence-electron chi connectivity index (χ4n) is 5.20. The smallest absolute Gasteiger partial charge is 0.457 e. The van der Waals surface area contributed by atoms with Crippen molar-refractivity contribution in [2.45, 2.75) is 89.2 Å². The second-order valence-corrected chi connectivity index (χ2v) is 20.2. The molecule has 0 saturated carbocycles. The van der Waals surface area contributed by atoms with Gasteiger partial charge in [-0.05, 0) is 0 Å². The molecule has 2 aromatic rings. The van der Waals surface area contributed by atoms with E-state index < -0.39 is 127 Å². The number of aromatic nitrogens is 4. The molecule has 68 heavy (non-hydrogen) atoms. The van der Waals surface area contributed by atoms with Crippen LogP contribution in [0.4, 0.5) is 5.82 Å². The maximum Gasteiger partial charge on any atom is 0.481 e. The number of esters is 1. The summed E-state index contributed by atoms with van der Waals surface area (Å²) in [6.07, 6.45) is -14.3. The van der Waals surface area contributed by atoms with E-state index in [-0.39, 0.29) is 47.9 Å². The molecule has 386 valence electrons. The summed E-state index contributed by atoms with van der Waals surface area (Å²) in [5.74, 6) is -3.18. The molecule has 0 aliphatic carbocycles. The number of nitrogens with zero attached hydrogens (tertiary/aromatic N) is 4. The number of hydrogen-bond acceptors (Lipinski definition) is 26. The van der Waals surface area contributed by atoms with Crippen molar-refractivity contribution in [3.05, 3.63) is 12.7 Å². The molecule has 0 aromatic carbocycles. The molecule has 2 amide bonds. The third kappa shape index (κ3) is 19.5. The topological polar surface area (TPSA) is 505 Å². The van der Waals surface area contributed by atoms with Crippen LogP contribution in [0.3, 0.4) is 0 Å². The summed E-state index contributed by atoms with van der Waals surface area (Å²) in [6.45, 7) is 2.11. The highest BCUT2D eigenvalue weighted by Gasteiger charge is 2.50. The van der Waals surface area contributed by atoms with Gasteiger partial charge in [-0.1, -0.05) is 25.6 Å². The van der Waals surface area contributed by atoms with E-state index in [1.165, 1.54) is 20.8 Å². The molecule has 0 radical (unpaired) electrons. The fourth-order valence-corrected chi connectivity index (χ4v) is 8.52. The number of ketones is 1. The number of imidazole rings is 1. The Bertz CT molecular complexity index is 2220. The van der Waals surface area contributed by atoms with E-state index in [4.69, 9.17) is 29.7 Å². The third-order valence-electron chi connectivity index (χ3n) is 8.71. The number of thioether (sulfide) groups is 1. The number of amides is 2. The number of fused-ring (bicyclic) bond motifs is 1. The van der Waals surface area contributed by atoms with Gasteiger partial charge in [0.1, 0.15) is 67.3 Å². The van der Waals surface area contributed by atoms with Gasteiger partial charge in [-0.3, -0.25) is 37.3 Å².